The molecule has 0 radical (unpaired) electrons. The fourth-order valence-corrected chi connectivity index (χ4v) is 2.95. The first-order valence-electron chi connectivity index (χ1n) is 9.28. The zero-order valence-electron chi connectivity index (χ0n) is 16.0. The Balaban J connectivity index is 1.67. The number of fused-ring (bicyclic) bond motifs is 1. The van der Waals surface area contributed by atoms with E-state index in [2.05, 4.69) is 15.1 Å². The van der Waals surface area contributed by atoms with Crippen LogP contribution in [0.5, 0.6) is 0 Å². The summed E-state index contributed by atoms with van der Waals surface area (Å²) in [6.07, 6.45) is 1.56. The summed E-state index contributed by atoms with van der Waals surface area (Å²) in [4.78, 5) is 11.1. The Morgan fingerprint density at radius 1 is 1.21 bits per heavy atom. The molecular formula is C20H21FN6O2. The average molecular weight is 396 g/mol. The van der Waals surface area contributed by atoms with E-state index in [9.17, 15) is 4.39 Å². The lowest BCUT2D eigenvalue weighted by Gasteiger charge is -2.24. The Hall–Kier alpha value is -3.46. The van der Waals surface area contributed by atoms with Crippen LogP contribution in [-0.4, -0.2) is 39.3 Å². The lowest BCUT2D eigenvalue weighted by atomic mass is 10.2. The number of benzene rings is 1. The topological polar surface area (TPSA) is 94.7 Å². The van der Waals surface area contributed by atoms with E-state index in [0.717, 1.165) is 5.56 Å². The molecule has 1 aromatic carbocycles. The highest BCUT2D eigenvalue weighted by atomic mass is 19.1. The molecule has 29 heavy (non-hydrogen) atoms. The van der Waals surface area contributed by atoms with Crippen LogP contribution in [0.15, 0.2) is 53.1 Å². The maximum atomic E-state index is 13.3. The number of rotatable bonds is 8. The molecule has 150 valence electrons. The number of hydrogen-bond donors (Lipinski definition) is 1. The lowest BCUT2D eigenvalue weighted by Crippen LogP contribution is -2.28. The maximum Gasteiger partial charge on any atom is 0.256 e. The van der Waals surface area contributed by atoms with E-state index in [4.69, 9.17) is 14.9 Å². The van der Waals surface area contributed by atoms with Crippen LogP contribution < -0.4 is 10.6 Å². The Labute approximate surface area is 166 Å². The molecule has 4 aromatic rings. The van der Waals surface area contributed by atoms with Crippen LogP contribution in [0.3, 0.4) is 0 Å². The maximum absolute atomic E-state index is 13.3. The molecule has 0 bridgehead atoms. The van der Waals surface area contributed by atoms with Gasteiger partial charge in [-0.25, -0.2) is 4.39 Å². The van der Waals surface area contributed by atoms with Gasteiger partial charge in [-0.3, -0.25) is 0 Å². The summed E-state index contributed by atoms with van der Waals surface area (Å²) in [5.41, 5.74) is 7.16. The van der Waals surface area contributed by atoms with Gasteiger partial charge in [0.2, 0.25) is 5.82 Å². The van der Waals surface area contributed by atoms with Crippen molar-refractivity contribution in [2.45, 2.75) is 13.5 Å². The number of nitrogen functional groups attached to an aromatic ring is 1. The van der Waals surface area contributed by atoms with E-state index in [1.165, 1.54) is 16.6 Å². The van der Waals surface area contributed by atoms with Crippen molar-refractivity contribution >= 4 is 17.4 Å². The van der Waals surface area contributed by atoms with Crippen LogP contribution in [-0.2, 0) is 11.3 Å². The molecule has 0 spiro atoms. The van der Waals surface area contributed by atoms with Crippen molar-refractivity contribution in [3.8, 4) is 11.6 Å². The van der Waals surface area contributed by atoms with Crippen molar-refractivity contribution in [2.75, 3.05) is 30.4 Å². The Morgan fingerprint density at radius 3 is 2.76 bits per heavy atom. The standard InChI is InChI=1S/C20H21FN6O2/c1-2-28-11-9-26(13-14-5-7-15(21)8-6-14)18-12-17(22)27-20(23-18)24-19(25-27)16-4-3-10-29-16/h3-8,10,12H,2,9,11,13,22H2,1H3. The van der Waals surface area contributed by atoms with E-state index < -0.39 is 0 Å². The van der Waals surface area contributed by atoms with Crippen LogP contribution in [0.25, 0.3) is 17.4 Å². The molecule has 0 aliphatic carbocycles. The molecule has 0 atom stereocenters. The third kappa shape index (κ3) is 4.19. The predicted octanol–water partition coefficient (Wildman–Crippen LogP) is 3.15. The molecule has 2 N–H and O–H groups in total. The number of aromatic nitrogens is 4. The summed E-state index contributed by atoms with van der Waals surface area (Å²) in [5.74, 6) is 2.08. The van der Waals surface area contributed by atoms with Gasteiger partial charge in [-0.1, -0.05) is 12.1 Å². The highest BCUT2D eigenvalue weighted by Gasteiger charge is 2.16. The third-order valence-corrected chi connectivity index (χ3v) is 4.39. The second-order valence-corrected chi connectivity index (χ2v) is 6.41. The molecule has 3 aromatic heterocycles. The summed E-state index contributed by atoms with van der Waals surface area (Å²) in [6, 6.07) is 11.7. The number of ether oxygens (including phenoxy) is 1. The highest BCUT2D eigenvalue weighted by molar-refractivity contribution is 5.57. The summed E-state index contributed by atoms with van der Waals surface area (Å²) < 4.78 is 25.6. The van der Waals surface area contributed by atoms with Gasteiger partial charge in [0.1, 0.15) is 17.5 Å². The number of halogens is 1. The van der Waals surface area contributed by atoms with Crippen molar-refractivity contribution in [1.82, 2.24) is 19.6 Å². The van der Waals surface area contributed by atoms with Crippen LogP contribution in [0.4, 0.5) is 16.0 Å². The van der Waals surface area contributed by atoms with Crippen molar-refractivity contribution in [3.63, 3.8) is 0 Å². The first-order valence-corrected chi connectivity index (χ1v) is 9.28. The first-order chi connectivity index (χ1) is 14.1. The molecule has 0 aliphatic heterocycles. The summed E-state index contributed by atoms with van der Waals surface area (Å²) >= 11 is 0. The van der Waals surface area contributed by atoms with Crippen molar-refractivity contribution in [3.05, 3.63) is 60.1 Å². The number of nitrogens with two attached hydrogens (primary N) is 1. The molecular weight excluding hydrogens is 375 g/mol. The van der Waals surface area contributed by atoms with E-state index in [1.54, 1.807) is 36.6 Å². The van der Waals surface area contributed by atoms with Crippen LogP contribution >= 0.6 is 0 Å². The molecule has 0 saturated carbocycles. The smallest absolute Gasteiger partial charge is 0.256 e. The quantitative estimate of drug-likeness (QED) is 0.457. The molecule has 0 saturated heterocycles. The Kier molecular flexibility index (Phi) is 5.39. The monoisotopic (exact) mass is 396 g/mol. The number of hydrogen-bond acceptors (Lipinski definition) is 7. The molecule has 0 amide bonds. The van der Waals surface area contributed by atoms with Crippen LogP contribution in [0.2, 0.25) is 0 Å². The molecule has 0 unspecified atom stereocenters. The zero-order chi connectivity index (χ0) is 20.2. The van der Waals surface area contributed by atoms with Crippen LogP contribution in [0.1, 0.15) is 12.5 Å². The molecule has 4 rings (SSSR count). The minimum atomic E-state index is -0.271. The van der Waals surface area contributed by atoms with Gasteiger partial charge < -0.3 is 19.8 Å². The lowest BCUT2D eigenvalue weighted by molar-refractivity contribution is 0.153. The molecule has 8 nitrogen and oxygen atoms in total. The Morgan fingerprint density at radius 2 is 2.03 bits per heavy atom. The number of nitrogens with zero attached hydrogens (tertiary/aromatic N) is 5. The summed E-state index contributed by atoms with van der Waals surface area (Å²) in [5, 5.41) is 4.36. The second-order valence-electron chi connectivity index (χ2n) is 6.41. The Bertz CT molecular complexity index is 1080. The molecule has 9 heteroatoms. The molecule has 0 fully saturated rings. The SMILES string of the molecule is CCOCCN(Cc1ccc(F)cc1)c1cc(N)n2nc(-c3ccco3)nc2n1. The number of anilines is 2. The van der Waals surface area contributed by atoms with Crippen molar-refractivity contribution in [2.24, 2.45) is 0 Å². The van der Waals surface area contributed by atoms with Gasteiger partial charge in [-0.2, -0.15) is 14.5 Å². The highest BCUT2D eigenvalue weighted by Crippen LogP contribution is 2.22. The van der Waals surface area contributed by atoms with Gasteiger partial charge >= 0.3 is 0 Å². The van der Waals surface area contributed by atoms with Gasteiger partial charge in [-0.05, 0) is 36.8 Å². The van der Waals surface area contributed by atoms with E-state index >= 15 is 0 Å². The normalized spacial score (nSPS) is 11.2. The fraction of sp³-hybridized carbons (Fsp3) is 0.250. The van der Waals surface area contributed by atoms with Gasteiger partial charge in [0.15, 0.2) is 5.76 Å². The zero-order valence-corrected chi connectivity index (χ0v) is 16.0. The predicted molar refractivity (Wildman–Crippen MR) is 107 cm³/mol. The van der Waals surface area contributed by atoms with E-state index in [0.29, 0.717) is 55.3 Å². The van der Waals surface area contributed by atoms with Crippen LogP contribution in [0, 0.1) is 5.82 Å². The summed E-state index contributed by atoms with van der Waals surface area (Å²) in [7, 11) is 0. The number of furan rings is 1. The van der Waals surface area contributed by atoms with Crippen molar-refractivity contribution < 1.29 is 13.5 Å². The third-order valence-electron chi connectivity index (χ3n) is 4.39. The van der Waals surface area contributed by atoms with E-state index in [-0.39, 0.29) is 5.82 Å². The fourth-order valence-electron chi connectivity index (χ4n) is 2.95. The van der Waals surface area contributed by atoms with E-state index in [1.807, 2.05) is 11.8 Å². The largest absolute Gasteiger partial charge is 0.461 e. The summed E-state index contributed by atoms with van der Waals surface area (Å²) in [6.45, 7) is 4.20. The molecule has 3 heterocycles. The second kappa shape index (κ2) is 8.27. The van der Waals surface area contributed by atoms with Gasteiger partial charge in [0.25, 0.3) is 5.78 Å². The average Bonchev–Trinajstić information content (AvgIpc) is 3.38. The molecule has 0 aliphatic rings. The van der Waals surface area contributed by atoms with Gasteiger partial charge in [0, 0.05) is 25.8 Å². The minimum absolute atomic E-state index is 0.271. The minimum Gasteiger partial charge on any atom is -0.461 e. The van der Waals surface area contributed by atoms with Gasteiger partial charge in [0.05, 0.1) is 12.9 Å². The first kappa shape index (κ1) is 18.9. The van der Waals surface area contributed by atoms with Gasteiger partial charge in [-0.15, -0.1) is 5.10 Å². The van der Waals surface area contributed by atoms with Crippen molar-refractivity contribution in [1.29, 1.82) is 0 Å².